The van der Waals surface area contributed by atoms with Gasteiger partial charge in [-0.1, -0.05) is 57.4 Å². The quantitative estimate of drug-likeness (QED) is 0.653. The molecule has 1 aromatic rings. The van der Waals surface area contributed by atoms with Crippen molar-refractivity contribution in [1.29, 1.82) is 0 Å². The second-order valence-electron chi connectivity index (χ2n) is 6.25. The van der Waals surface area contributed by atoms with Crippen molar-refractivity contribution < 1.29 is 0 Å². The molecular weight excluding hydrogens is 242 g/mol. The maximum absolute atomic E-state index is 3.84. The SMILES string of the molecule is CCCCCC(NCCC)C1CCCc2ccccc21. The predicted molar refractivity (Wildman–Crippen MR) is 88.3 cm³/mol. The Morgan fingerprint density at radius 3 is 2.80 bits per heavy atom. The second-order valence-corrected chi connectivity index (χ2v) is 6.25. The first kappa shape index (κ1) is 15.6. The van der Waals surface area contributed by atoms with E-state index in [0.29, 0.717) is 6.04 Å². The molecule has 0 spiro atoms. The monoisotopic (exact) mass is 273 g/mol. The Bertz CT molecular complexity index is 385. The fraction of sp³-hybridized carbons (Fsp3) is 0.684. The maximum Gasteiger partial charge on any atom is 0.0136 e. The smallest absolute Gasteiger partial charge is 0.0136 e. The van der Waals surface area contributed by atoms with Gasteiger partial charge in [0, 0.05) is 6.04 Å². The van der Waals surface area contributed by atoms with Crippen LogP contribution in [0.2, 0.25) is 0 Å². The standard InChI is InChI=1S/C19H31N/c1-3-5-6-14-19(20-15-4-2)18-13-9-11-16-10-7-8-12-17(16)18/h7-8,10,12,18-20H,3-6,9,11,13-15H2,1-2H3. The zero-order valence-electron chi connectivity index (χ0n) is 13.3. The zero-order chi connectivity index (χ0) is 14.2. The Kier molecular flexibility index (Phi) is 6.59. The van der Waals surface area contributed by atoms with E-state index < -0.39 is 0 Å². The van der Waals surface area contributed by atoms with Crippen LogP contribution < -0.4 is 5.32 Å². The van der Waals surface area contributed by atoms with Crippen LogP contribution in [0, 0.1) is 0 Å². The summed E-state index contributed by atoms with van der Waals surface area (Å²) in [6.45, 7) is 5.73. The Balaban J connectivity index is 2.07. The zero-order valence-corrected chi connectivity index (χ0v) is 13.3. The molecule has 1 nitrogen and oxygen atoms in total. The number of unbranched alkanes of at least 4 members (excludes halogenated alkanes) is 2. The normalized spacial score (nSPS) is 19.6. The van der Waals surface area contributed by atoms with Gasteiger partial charge in [-0.3, -0.25) is 0 Å². The van der Waals surface area contributed by atoms with Crippen LogP contribution in [0.1, 0.15) is 75.8 Å². The molecule has 0 radical (unpaired) electrons. The molecule has 1 aliphatic carbocycles. The Hall–Kier alpha value is -0.820. The van der Waals surface area contributed by atoms with Crippen molar-refractivity contribution in [3.8, 4) is 0 Å². The summed E-state index contributed by atoms with van der Waals surface area (Å²) >= 11 is 0. The van der Waals surface area contributed by atoms with E-state index in [1.165, 1.54) is 51.4 Å². The van der Waals surface area contributed by atoms with Gasteiger partial charge in [-0.2, -0.15) is 0 Å². The van der Waals surface area contributed by atoms with Gasteiger partial charge in [0.05, 0.1) is 0 Å². The lowest BCUT2D eigenvalue weighted by molar-refractivity contribution is 0.363. The van der Waals surface area contributed by atoms with Gasteiger partial charge in [0.15, 0.2) is 0 Å². The fourth-order valence-corrected chi connectivity index (χ4v) is 3.60. The molecule has 1 aliphatic rings. The molecule has 112 valence electrons. The summed E-state index contributed by atoms with van der Waals surface area (Å²) in [5.41, 5.74) is 3.23. The minimum absolute atomic E-state index is 0.683. The molecule has 0 heterocycles. The average molecular weight is 273 g/mol. The first-order valence-corrected chi connectivity index (χ1v) is 8.68. The molecular formula is C19H31N. The van der Waals surface area contributed by atoms with Crippen molar-refractivity contribution in [3.63, 3.8) is 0 Å². The van der Waals surface area contributed by atoms with Gasteiger partial charge < -0.3 is 5.32 Å². The number of aryl methyl sites for hydroxylation is 1. The molecule has 20 heavy (non-hydrogen) atoms. The van der Waals surface area contributed by atoms with E-state index in [4.69, 9.17) is 0 Å². The molecule has 0 saturated heterocycles. The molecule has 2 rings (SSSR count). The van der Waals surface area contributed by atoms with E-state index in [1.807, 2.05) is 0 Å². The van der Waals surface area contributed by atoms with Gasteiger partial charge in [0.25, 0.3) is 0 Å². The van der Waals surface area contributed by atoms with E-state index in [2.05, 4.69) is 43.4 Å². The van der Waals surface area contributed by atoms with E-state index in [0.717, 1.165) is 12.5 Å². The number of nitrogens with one attached hydrogen (secondary N) is 1. The van der Waals surface area contributed by atoms with Crippen LogP contribution in [0.4, 0.5) is 0 Å². The molecule has 0 aliphatic heterocycles. The topological polar surface area (TPSA) is 12.0 Å². The number of fused-ring (bicyclic) bond motifs is 1. The molecule has 2 unspecified atom stereocenters. The van der Waals surface area contributed by atoms with Crippen LogP contribution in [-0.4, -0.2) is 12.6 Å². The number of rotatable bonds is 8. The molecule has 0 aromatic heterocycles. The van der Waals surface area contributed by atoms with Crippen molar-refractivity contribution >= 4 is 0 Å². The van der Waals surface area contributed by atoms with E-state index in [-0.39, 0.29) is 0 Å². The van der Waals surface area contributed by atoms with Gasteiger partial charge in [-0.05, 0) is 55.7 Å². The first-order chi connectivity index (χ1) is 9.86. The van der Waals surface area contributed by atoms with Gasteiger partial charge in [-0.25, -0.2) is 0 Å². The van der Waals surface area contributed by atoms with Crippen molar-refractivity contribution in [3.05, 3.63) is 35.4 Å². The number of hydrogen-bond donors (Lipinski definition) is 1. The van der Waals surface area contributed by atoms with E-state index in [1.54, 1.807) is 11.1 Å². The molecule has 0 amide bonds. The van der Waals surface area contributed by atoms with Gasteiger partial charge in [-0.15, -0.1) is 0 Å². The predicted octanol–water partition coefficient (Wildman–Crippen LogP) is 5.06. The minimum atomic E-state index is 0.683. The third-order valence-electron chi connectivity index (χ3n) is 4.68. The summed E-state index contributed by atoms with van der Waals surface area (Å²) in [5, 5.41) is 3.84. The summed E-state index contributed by atoms with van der Waals surface area (Å²) in [5.74, 6) is 0.739. The van der Waals surface area contributed by atoms with Crippen molar-refractivity contribution in [2.75, 3.05) is 6.54 Å². The Morgan fingerprint density at radius 2 is 2.00 bits per heavy atom. The molecule has 0 bridgehead atoms. The lowest BCUT2D eigenvalue weighted by atomic mass is 9.77. The largest absolute Gasteiger partial charge is 0.313 e. The Morgan fingerprint density at radius 1 is 1.15 bits per heavy atom. The summed E-state index contributed by atoms with van der Waals surface area (Å²) in [4.78, 5) is 0. The molecule has 1 aromatic carbocycles. The second kappa shape index (κ2) is 8.46. The highest BCUT2D eigenvalue weighted by atomic mass is 14.9. The summed E-state index contributed by atoms with van der Waals surface area (Å²) in [7, 11) is 0. The highest BCUT2D eigenvalue weighted by molar-refractivity contribution is 5.33. The third kappa shape index (κ3) is 4.09. The van der Waals surface area contributed by atoms with Crippen LogP contribution in [0.5, 0.6) is 0 Å². The van der Waals surface area contributed by atoms with E-state index in [9.17, 15) is 0 Å². The summed E-state index contributed by atoms with van der Waals surface area (Å²) < 4.78 is 0. The summed E-state index contributed by atoms with van der Waals surface area (Å²) in [6.07, 6.45) is 10.6. The Labute approximate surface area is 125 Å². The van der Waals surface area contributed by atoms with Crippen LogP contribution in [-0.2, 0) is 6.42 Å². The molecule has 1 N–H and O–H groups in total. The molecule has 2 atom stereocenters. The average Bonchev–Trinajstić information content (AvgIpc) is 2.50. The fourth-order valence-electron chi connectivity index (χ4n) is 3.60. The van der Waals surface area contributed by atoms with Crippen LogP contribution in [0.15, 0.2) is 24.3 Å². The van der Waals surface area contributed by atoms with Crippen molar-refractivity contribution in [2.24, 2.45) is 0 Å². The van der Waals surface area contributed by atoms with Crippen LogP contribution in [0.25, 0.3) is 0 Å². The minimum Gasteiger partial charge on any atom is -0.313 e. The summed E-state index contributed by atoms with van der Waals surface area (Å²) in [6, 6.07) is 9.82. The molecule has 0 saturated carbocycles. The van der Waals surface area contributed by atoms with Gasteiger partial charge in [0.1, 0.15) is 0 Å². The van der Waals surface area contributed by atoms with Gasteiger partial charge >= 0.3 is 0 Å². The first-order valence-electron chi connectivity index (χ1n) is 8.68. The molecule has 1 heteroatoms. The van der Waals surface area contributed by atoms with Crippen molar-refractivity contribution in [2.45, 2.75) is 77.2 Å². The number of benzene rings is 1. The van der Waals surface area contributed by atoms with Crippen LogP contribution >= 0.6 is 0 Å². The highest BCUT2D eigenvalue weighted by Gasteiger charge is 2.26. The van der Waals surface area contributed by atoms with Crippen molar-refractivity contribution in [1.82, 2.24) is 5.32 Å². The van der Waals surface area contributed by atoms with E-state index >= 15 is 0 Å². The lowest BCUT2D eigenvalue weighted by Gasteiger charge is -2.33. The lowest BCUT2D eigenvalue weighted by Crippen LogP contribution is -2.37. The number of hydrogen-bond acceptors (Lipinski definition) is 1. The third-order valence-corrected chi connectivity index (χ3v) is 4.68. The van der Waals surface area contributed by atoms with Crippen LogP contribution in [0.3, 0.4) is 0 Å². The maximum atomic E-state index is 3.84. The highest BCUT2D eigenvalue weighted by Crippen LogP contribution is 2.35. The molecule has 0 fully saturated rings. The van der Waals surface area contributed by atoms with Gasteiger partial charge in [0.2, 0.25) is 0 Å².